The number of imidazole rings is 1. The molecule has 1 N–H and O–H groups in total. The number of nitrogens with one attached hydrogen (secondary N) is 1. The molecule has 0 spiro atoms. The van der Waals surface area contributed by atoms with Crippen molar-refractivity contribution < 1.29 is 18.3 Å². The van der Waals surface area contributed by atoms with Crippen LogP contribution in [0.3, 0.4) is 0 Å². The number of aromatic amines is 1. The number of cyclic esters (lactones) is 1. The van der Waals surface area contributed by atoms with E-state index in [0.29, 0.717) is 24.1 Å². The Morgan fingerprint density at radius 1 is 1.04 bits per heavy atom. The molecule has 2 aromatic rings. The van der Waals surface area contributed by atoms with E-state index in [1.807, 2.05) is 0 Å². The number of fused-ring (bicyclic) bond motifs is 1. The van der Waals surface area contributed by atoms with Gasteiger partial charge in [-0.2, -0.15) is 0 Å². The molecule has 0 aliphatic carbocycles. The van der Waals surface area contributed by atoms with Gasteiger partial charge in [-0.15, -0.1) is 0 Å². The van der Waals surface area contributed by atoms with Crippen LogP contribution in [-0.2, 0) is 9.53 Å². The molecule has 0 saturated carbocycles. The normalized spacial score (nSPS) is 23.1. The van der Waals surface area contributed by atoms with E-state index in [1.54, 1.807) is 0 Å². The molecule has 3 heterocycles. The number of nitrogens with zero attached hydrogens (tertiary/aromatic N) is 2. The number of ether oxygens (including phenoxy) is 1. The van der Waals surface area contributed by atoms with Gasteiger partial charge in [0, 0.05) is 37.3 Å². The minimum absolute atomic E-state index is 0.0714. The van der Waals surface area contributed by atoms with Gasteiger partial charge in [0.15, 0.2) is 11.6 Å². The summed E-state index contributed by atoms with van der Waals surface area (Å²) >= 11 is 0. The number of hydrogen-bond donors (Lipinski definition) is 1. The van der Waals surface area contributed by atoms with Crippen LogP contribution in [0, 0.1) is 11.6 Å². The van der Waals surface area contributed by atoms with Crippen molar-refractivity contribution in [1.82, 2.24) is 14.5 Å². The van der Waals surface area contributed by atoms with Gasteiger partial charge in [-0.1, -0.05) is 0 Å². The van der Waals surface area contributed by atoms with E-state index < -0.39 is 11.6 Å². The Morgan fingerprint density at radius 3 is 2.48 bits per heavy atom. The van der Waals surface area contributed by atoms with Crippen molar-refractivity contribution in [3.8, 4) is 0 Å². The van der Waals surface area contributed by atoms with Crippen LogP contribution in [0.15, 0.2) is 16.9 Å². The van der Waals surface area contributed by atoms with E-state index in [0.717, 1.165) is 44.5 Å². The van der Waals surface area contributed by atoms with Crippen molar-refractivity contribution in [2.45, 2.75) is 37.8 Å². The molecule has 1 aromatic carbocycles. The van der Waals surface area contributed by atoms with Crippen LogP contribution < -0.4 is 5.69 Å². The van der Waals surface area contributed by atoms with Crippen LogP contribution in [0.25, 0.3) is 11.0 Å². The molecule has 1 aromatic heterocycles. The molecule has 0 radical (unpaired) electrons. The molecule has 25 heavy (non-hydrogen) atoms. The number of rotatable bonds is 2. The first-order valence-electron chi connectivity index (χ1n) is 8.52. The van der Waals surface area contributed by atoms with Crippen molar-refractivity contribution in [2.24, 2.45) is 0 Å². The van der Waals surface area contributed by atoms with E-state index in [9.17, 15) is 18.4 Å². The Balaban J connectivity index is 1.54. The third-order valence-corrected chi connectivity index (χ3v) is 5.26. The summed E-state index contributed by atoms with van der Waals surface area (Å²) in [5.41, 5.74) is 0.352. The predicted molar refractivity (Wildman–Crippen MR) is 86.3 cm³/mol. The number of hydrogen-bond acceptors (Lipinski definition) is 4. The molecular formula is C17H19F2N3O3. The lowest BCUT2D eigenvalue weighted by Gasteiger charge is -2.38. The second-order valence-electron chi connectivity index (χ2n) is 6.72. The zero-order valence-electron chi connectivity index (χ0n) is 13.6. The van der Waals surface area contributed by atoms with Gasteiger partial charge in [-0.05, 0) is 19.3 Å². The number of aromatic nitrogens is 2. The van der Waals surface area contributed by atoms with Gasteiger partial charge in [-0.3, -0.25) is 14.3 Å². The van der Waals surface area contributed by atoms with Crippen molar-refractivity contribution in [3.63, 3.8) is 0 Å². The monoisotopic (exact) mass is 351 g/mol. The Bertz CT molecular complexity index is 868. The highest BCUT2D eigenvalue weighted by atomic mass is 19.2. The van der Waals surface area contributed by atoms with Gasteiger partial charge < -0.3 is 9.72 Å². The lowest BCUT2D eigenvalue weighted by atomic mass is 9.99. The summed E-state index contributed by atoms with van der Waals surface area (Å²) in [5.74, 6) is -2.10. The maximum Gasteiger partial charge on any atom is 0.326 e. The molecule has 134 valence electrons. The second kappa shape index (κ2) is 6.25. The number of esters is 1. The minimum atomic E-state index is -0.972. The Morgan fingerprint density at radius 2 is 1.76 bits per heavy atom. The van der Waals surface area contributed by atoms with Crippen molar-refractivity contribution in [2.75, 3.05) is 19.7 Å². The van der Waals surface area contributed by atoms with Crippen LogP contribution >= 0.6 is 0 Å². The SMILES string of the molecule is O=C1CC(N2CCC(n3c(=O)[nH]c4cc(F)c(F)cc43)CC2)CCO1. The van der Waals surface area contributed by atoms with Crippen molar-refractivity contribution in [3.05, 3.63) is 34.3 Å². The summed E-state index contributed by atoms with van der Waals surface area (Å²) < 4.78 is 33.5. The first kappa shape index (κ1) is 16.3. The van der Waals surface area contributed by atoms with Crippen LogP contribution in [-0.4, -0.2) is 46.2 Å². The van der Waals surface area contributed by atoms with Crippen molar-refractivity contribution >= 4 is 17.0 Å². The van der Waals surface area contributed by atoms with Gasteiger partial charge in [0.1, 0.15) is 0 Å². The Hall–Kier alpha value is -2.22. The van der Waals surface area contributed by atoms with Gasteiger partial charge in [0.2, 0.25) is 0 Å². The highest BCUT2D eigenvalue weighted by molar-refractivity contribution is 5.75. The Kier molecular flexibility index (Phi) is 4.07. The number of H-pyrrole nitrogens is 1. The first-order chi connectivity index (χ1) is 12.0. The molecular weight excluding hydrogens is 332 g/mol. The maximum absolute atomic E-state index is 13.6. The summed E-state index contributed by atoms with van der Waals surface area (Å²) in [5, 5.41) is 0. The van der Waals surface area contributed by atoms with E-state index >= 15 is 0 Å². The summed E-state index contributed by atoms with van der Waals surface area (Å²) in [6, 6.07) is 2.21. The number of piperidine rings is 1. The fourth-order valence-corrected chi connectivity index (χ4v) is 3.97. The second-order valence-corrected chi connectivity index (χ2v) is 6.72. The molecule has 4 rings (SSSR count). The molecule has 1 unspecified atom stereocenters. The van der Waals surface area contributed by atoms with Crippen LogP contribution in [0.2, 0.25) is 0 Å². The molecule has 0 amide bonds. The van der Waals surface area contributed by atoms with Gasteiger partial charge in [0.05, 0.1) is 24.1 Å². The molecule has 6 nitrogen and oxygen atoms in total. The highest BCUT2D eigenvalue weighted by Gasteiger charge is 2.31. The summed E-state index contributed by atoms with van der Waals surface area (Å²) in [7, 11) is 0. The zero-order chi connectivity index (χ0) is 17.6. The van der Waals surface area contributed by atoms with Crippen LogP contribution in [0.4, 0.5) is 8.78 Å². The summed E-state index contributed by atoms with van der Waals surface area (Å²) in [4.78, 5) is 28.6. The third kappa shape index (κ3) is 2.95. The number of likely N-dealkylation sites (tertiary alicyclic amines) is 1. The first-order valence-corrected chi connectivity index (χ1v) is 8.52. The van der Waals surface area contributed by atoms with Crippen molar-refractivity contribution in [1.29, 1.82) is 0 Å². The Labute approximate surface area is 142 Å². The largest absolute Gasteiger partial charge is 0.466 e. The smallest absolute Gasteiger partial charge is 0.326 e. The van der Waals surface area contributed by atoms with E-state index in [1.165, 1.54) is 4.57 Å². The van der Waals surface area contributed by atoms with Gasteiger partial charge in [0.25, 0.3) is 0 Å². The topological polar surface area (TPSA) is 67.3 Å². The zero-order valence-corrected chi connectivity index (χ0v) is 13.6. The fraction of sp³-hybridized carbons (Fsp3) is 0.529. The highest BCUT2D eigenvalue weighted by Crippen LogP contribution is 2.28. The molecule has 2 fully saturated rings. The van der Waals surface area contributed by atoms with E-state index in [2.05, 4.69) is 9.88 Å². The van der Waals surface area contributed by atoms with Gasteiger partial charge in [-0.25, -0.2) is 13.6 Å². The number of halogens is 2. The number of benzene rings is 1. The van der Waals surface area contributed by atoms with E-state index in [4.69, 9.17) is 4.74 Å². The molecule has 2 aliphatic rings. The van der Waals surface area contributed by atoms with Crippen LogP contribution in [0.1, 0.15) is 31.7 Å². The fourth-order valence-electron chi connectivity index (χ4n) is 3.97. The lowest BCUT2D eigenvalue weighted by molar-refractivity contribution is -0.150. The maximum atomic E-state index is 13.6. The average Bonchev–Trinajstić information content (AvgIpc) is 2.90. The summed E-state index contributed by atoms with van der Waals surface area (Å²) in [6.45, 7) is 1.97. The number of carbonyl (C=O) groups excluding carboxylic acids is 1. The molecule has 1 atom stereocenters. The van der Waals surface area contributed by atoms with Crippen LogP contribution in [0.5, 0.6) is 0 Å². The number of carbonyl (C=O) groups is 1. The molecule has 8 heteroatoms. The summed E-state index contributed by atoms with van der Waals surface area (Å²) in [6.07, 6.45) is 2.67. The quantitative estimate of drug-likeness (QED) is 0.840. The predicted octanol–water partition coefficient (Wildman–Crippen LogP) is 1.95. The molecule has 0 bridgehead atoms. The minimum Gasteiger partial charge on any atom is -0.466 e. The molecule has 2 saturated heterocycles. The average molecular weight is 351 g/mol. The van der Waals surface area contributed by atoms with Gasteiger partial charge >= 0.3 is 11.7 Å². The molecule has 2 aliphatic heterocycles. The lowest BCUT2D eigenvalue weighted by Crippen LogP contribution is -2.46. The third-order valence-electron chi connectivity index (χ3n) is 5.26. The standard InChI is InChI=1S/C17H19F2N3O3/c18-12-8-14-15(9-13(12)19)22(17(24)20-14)10-1-4-21(5-2-10)11-3-6-25-16(23)7-11/h8-11H,1-7H2,(H,20,24). The van der Waals surface area contributed by atoms with E-state index in [-0.39, 0.29) is 23.7 Å².